The van der Waals surface area contributed by atoms with Gasteiger partial charge in [0, 0.05) is 12.2 Å². The summed E-state index contributed by atoms with van der Waals surface area (Å²) >= 11 is 0. The Labute approximate surface area is 111 Å². The van der Waals surface area contributed by atoms with Crippen LogP contribution in [0.5, 0.6) is 0 Å². The van der Waals surface area contributed by atoms with Crippen LogP contribution >= 0.6 is 0 Å². The molecule has 0 radical (unpaired) electrons. The van der Waals surface area contributed by atoms with E-state index in [2.05, 4.69) is 22.2 Å². The summed E-state index contributed by atoms with van der Waals surface area (Å²) in [6, 6.07) is 5.18. The number of nitrogens with two attached hydrogens (primary N) is 1. The molecule has 1 aromatic heterocycles. The van der Waals surface area contributed by atoms with Crippen LogP contribution < -0.4 is 16.6 Å². The summed E-state index contributed by atoms with van der Waals surface area (Å²) in [7, 11) is 0. The Hall–Kier alpha value is -2.04. The standard InChI is InChI=1S/C14H18N4O/c1-8(9-2-3-9)7-16-14-17-12-5-4-10(15)6-11(12)13(19)18-14/h4-6,8-9H,2-3,7,15H2,1H3,(H2,16,17,18,19). The SMILES string of the molecule is CC(CNc1nc2ccc(N)cc2c(=O)[nH]1)C1CC1. The van der Waals surface area contributed by atoms with Crippen molar-refractivity contribution in [1.82, 2.24) is 9.97 Å². The largest absolute Gasteiger partial charge is 0.399 e. The molecule has 4 N–H and O–H groups in total. The molecule has 5 nitrogen and oxygen atoms in total. The lowest BCUT2D eigenvalue weighted by molar-refractivity contribution is 0.535. The van der Waals surface area contributed by atoms with Crippen molar-refractivity contribution >= 4 is 22.5 Å². The Morgan fingerprint density at radius 1 is 1.53 bits per heavy atom. The highest BCUT2D eigenvalue weighted by molar-refractivity contribution is 5.81. The van der Waals surface area contributed by atoms with Crippen LogP contribution in [-0.2, 0) is 0 Å². The fourth-order valence-corrected chi connectivity index (χ4v) is 2.33. The zero-order chi connectivity index (χ0) is 13.4. The summed E-state index contributed by atoms with van der Waals surface area (Å²) in [4.78, 5) is 19.1. The summed E-state index contributed by atoms with van der Waals surface area (Å²) in [5.41, 5.74) is 6.76. The second kappa shape index (κ2) is 4.57. The maximum absolute atomic E-state index is 12.0. The van der Waals surface area contributed by atoms with Crippen LogP contribution in [0.15, 0.2) is 23.0 Å². The van der Waals surface area contributed by atoms with Crippen LogP contribution in [0.3, 0.4) is 0 Å². The molecule has 0 bridgehead atoms. The Morgan fingerprint density at radius 3 is 3.05 bits per heavy atom. The van der Waals surface area contributed by atoms with Crippen molar-refractivity contribution in [2.75, 3.05) is 17.6 Å². The summed E-state index contributed by atoms with van der Waals surface area (Å²) in [5.74, 6) is 1.99. The molecule has 1 saturated carbocycles. The van der Waals surface area contributed by atoms with E-state index in [1.807, 2.05) is 0 Å². The average molecular weight is 258 g/mol. The number of fused-ring (bicyclic) bond motifs is 1. The van der Waals surface area contributed by atoms with Gasteiger partial charge in [0.25, 0.3) is 5.56 Å². The molecule has 5 heteroatoms. The second-order valence-corrected chi connectivity index (χ2v) is 5.39. The Kier molecular flexibility index (Phi) is 2.89. The fourth-order valence-electron chi connectivity index (χ4n) is 2.33. The van der Waals surface area contributed by atoms with Gasteiger partial charge in [0.1, 0.15) is 0 Å². The van der Waals surface area contributed by atoms with E-state index in [9.17, 15) is 4.79 Å². The number of hydrogen-bond donors (Lipinski definition) is 3. The molecule has 0 aliphatic heterocycles. The summed E-state index contributed by atoms with van der Waals surface area (Å²) in [6.07, 6.45) is 2.65. The van der Waals surface area contributed by atoms with Gasteiger partial charge in [0.05, 0.1) is 10.9 Å². The van der Waals surface area contributed by atoms with Crippen LogP contribution in [0.4, 0.5) is 11.6 Å². The van der Waals surface area contributed by atoms with Gasteiger partial charge in [-0.2, -0.15) is 0 Å². The Bertz CT molecular complexity index is 660. The number of benzene rings is 1. The molecular formula is C14H18N4O. The van der Waals surface area contributed by atoms with Crippen molar-refractivity contribution in [1.29, 1.82) is 0 Å². The highest BCUT2D eigenvalue weighted by Gasteiger charge is 2.27. The van der Waals surface area contributed by atoms with E-state index in [1.165, 1.54) is 12.8 Å². The lowest BCUT2D eigenvalue weighted by Gasteiger charge is -2.11. The third-order valence-electron chi connectivity index (χ3n) is 3.75. The lowest BCUT2D eigenvalue weighted by Crippen LogP contribution is -2.18. The third kappa shape index (κ3) is 2.54. The third-order valence-corrected chi connectivity index (χ3v) is 3.75. The molecule has 1 fully saturated rings. The van der Waals surface area contributed by atoms with Crippen molar-refractivity contribution in [3.05, 3.63) is 28.6 Å². The molecule has 0 saturated heterocycles. The predicted molar refractivity (Wildman–Crippen MR) is 77.2 cm³/mol. The molecule has 19 heavy (non-hydrogen) atoms. The topological polar surface area (TPSA) is 83.8 Å². The molecule has 2 aromatic rings. The first-order chi connectivity index (χ1) is 9.13. The number of hydrogen-bond acceptors (Lipinski definition) is 4. The van der Waals surface area contributed by atoms with Crippen LogP contribution in [0.2, 0.25) is 0 Å². The number of rotatable bonds is 4. The van der Waals surface area contributed by atoms with Gasteiger partial charge >= 0.3 is 0 Å². The second-order valence-electron chi connectivity index (χ2n) is 5.39. The normalized spacial score (nSPS) is 16.5. The quantitative estimate of drug-likeness (QED) is 0.732. The van der Waals surface area contributed by atoms with Crippen LogP contribution in [-0.4, -0.2) is 16.5 Å². The first-order valence-electron chi connectivity index (χ1n) is 6.67. The lowest BCUT2D eigenvalue weighted by atomic mass is 10.1. The first-order valence-corrected chi connectivity index (χ1v) is 6.67. The highest BCUT2D eigenvalue weighted by Crippen LogP contribution is 2.36. The molecule has 1 aromatic carbocycles. The van der Waals surface area contributed by atoms with E-state index in [1.54, 1.807) is 18.2 Å². The van der Waals surface area contributed by atoms with Gasteiger partial charge in [-0.05, 0) is 42.9 Å². The summed E-state index contributed by atoms with van der Waals surface area (Å²) in [6.45, 7) is 3.07. The number of aromatic amines is 1. The van der Waals surface area contributed by atoms with E-state index < -0.39 is 0 Å². The Morgan fingerprint density at radius 2 is 2.32 bits per heavy atom. The molecule has 1 aliphatic rings. The zero-order valence-electron chi connectivity index (χ0n) is 10.9. The number of nitrogen functional groups attached to an aromatic ring is 1. The fraction of sp³-hybridized carbons (Fsp3) is 0.429. The number of H-pyrrole nitrogens is 1. The van der Waals surface area contributed by atoms with E-state index in [0.717, 1.165) is 12.5 Å². The number of nitrogens with one attached hydrogen (secondary N) is 2. The van der Waals surface area contributed by atoms with Gasteiger partial charge in [-0.1, -0.05) is 6.92 Å². The van der Waals surface area contributed by atoms with Crippen molar-refractivity contribution < 1.29 is 0 Å². The van der Waals surface area contributed by atoms with Gasteiger partial charge in [-0.25, -0.2) is 4.98 Å². The molecule has 3 rings (SSSR count). The van der Waals surface area contributed by atoms with Gasteiger partial charge in [-0.3, -0.25) is 9.78 Å². The van der Waals surface area contributed by atoms with E-state index in [-0.39, 0.29) is 5.56 Å². The zero-order valence-corrected chi connectivity index (χ0v) is 10.9. The summed E-state index contributed by atoms with van der Waals surface area (Å²) < 4.78 is 0. The van der Waals surface area contributed by atoms with Crippen LogP contribution in [0, 0.1) is 11.8 Å². The molecule has 1 aliphatic carbocycles. The van der Waals surface area contributed by atoms with E-state index >= 15 is 0 Å². The maximum atomic E-state index is 12.0. The minimum Gasteiger partial charge on any atom is -0.399 e. The number of nitrogens with zero attached hydrogens (tertiary/aromatic N) is 1. The van der Waals surface area contributed by atoms with Crippen LogP contribution in [0.25, 0.3) is 10.9 Å². The van der Waals surface area contributed by atoms with E-state index in [4.69, 9.17) is 5.73 Å². The van der Waals surface area contributed by atoms with Gasteiger partial charge in [0.15, 0.2) is 0 Å². The van der Waals surface area contributed by atoms with Gasteiger partial charge in [0.2, 0.25) is 5.95 Å². The van der Waals surface area contributed by atoms with Crippen molar-refractivity contribution in [2.45, 2.75) is 19.8 Å². The summed E-state index contributed by atoms with van der Waals surface area (Å²) in [5, 5.41) is 3.74. The molecule has 1 heterocycles. The monoisotopic (exact) mass is 258 g/mol. The van der Waals surface area contributed by atoms with Gasteiger partial charge < -0.3 is 11.1 Å². The predicted octanol–water partition coefficient (Wildman–Crippen LogP) is 1.96. The Balaban J connectivity index is 1.84. The molecule has 0 spiro atoms. The molecule has 1 unspecified atom stereocenters. The van der Waals surface area contributed by atoms with Crippen molar-refractivity contribution in [3.63, 3.8) is 0 Å². The average Bonchev–Trinajstić information content (AvgIpc) is 3.21. The maximum Gasteiger partial charge on any atom is 0.260 e. The van der Waals surface area contributed by atoms with Crippen LogP contribution in [0.1, 0.15) is 19.8 Å². The van der Waals surface area contributed by atoms with Crippen molar-refractivity contribution in [2.24, 2.45) is 11.8 Å². The molecule has 100 valence electrons. The number of anilines is 2. The number of aromatic nitrogens is 2. The highest BCUT2D eigenvalue weighted by atomic mass is 16.1. The molecular weight excluding hydrogens is 240 g/mol. The first kappa shape index (κ1) is 12.0. The minimum atomic E-state index is -0.154. The molecule has 0 amide bonds. The minimum absolute atomic E-state index is 0.154. The smallest absolute Gasteiger partial charge is 0.260 e. The van der Waals surface area contributed by atoms with E-state index in [0.29, 0.717) is 28.5 Å². The van der Waals surface area contributed by atoms with Gasteiger partial charge in [-0.15, -0.1) is 0 Å². The van der Waals surface area contributed by atoms with Crippen molar-refractivity contribution in [3.8, 4) is 0 Å². The molecule has 1 atom stereocenters.